The van der Waals surface area contributed by atoms with Crippen molar-refractivity contribution >= 4 is 29.2 Å². The molecule has 3 aliphatic heterocycles. The van der Waals surface area contributed by atoms with Crippen LogP contribution in [0.1, 0.15) is 132 Å². The number of cyclic esters (lactones) is 1. The summed E-state index contributed by atoms with van der Waals surface area (Å²) < 4.78 is 41.6. The van der Waals surface area contributed by atoms with Crippen LogP contribution in [0.25, 0.3) is 0 Å². The first-order chi connectivity index (χ1) is 34.3. The third-order valence-electron chi connectivity index (χ3n) is 15.4. The lowest BCUT2D eigenvalue weighted by atomic mass is 9.78. The van der Waals surface area contributed by atoms with Crippen molar-refractivity contribution in [2.75, 3.05) is 54.3 Å². The van der Waals surface area contributed by atoms with Crippen molar-refractivity contribution in [3.8, 4) is 0 Å². The number of rotatable bonds is 13. The average molecular weight is 1020 g/mol. The van der Waals surface area contributed by atoms with Gasteiger partial charge >= 0.3 is 5.97 Å². The molecule has 2 bridgehead atoms. The van der Waals surface area contributed by atoms with Gasteiger partial charge in [-0.05, 0) is 113 Å². The molecule has 3 heterocycles. The van der Waals surface area contributed by atoms with E-state index >= 15 is 0 Å². The predicted octanol–water partition coefficient (Wildman–Crippen LogP) is 6.60. The molecule has 1 amide bonds. The van der Waals surface area contributed by atoms with Crippen LogP contribution < -0.4 is 0 Å². The van der Waals surface area contributed by atoms with Crippen molar-refractivity contribution in [1.82, 2.24) is 4.90 Å². The molecular weight excluding hydrogens is 927 g/mol. The van der Waals surface area contributed by atoms with Crippen molar-refractivity contribution < 1.29 is 72.5 Å². The number of allylic oxidation sites excluding steroid dienone is 6. The van der Waals surface area contributed by atoms with E-state index in [9.17, 15) is 39.3 Å². The van der Waals surface area contributed by atoms with Gasteiger partial charge in [0.05, 0.1) is 37.6 Å². The van der Waals surface area contributed by atoms with E-state index in [0.29, 0.717) is 70.2 Å². The Hall–Kier alpha value is -3.45. The highest BCUT2D eigenvalue weighted by Crippen LogP contribution is 2.38. The van der Waals surface area contributed by atoms with Gasteiger partial charge in [-0.25, -0.2) is 4.79 Å². The van der Waals surface area contributed by atoms with Crippen LogP contribution >= 0.6 is 0 Å². The quantitative estimate of drug-likeness (QED) is 0.0767. The minimum absolute atomic E-state index is 0.000907. The maximum atomic E-state index is 14.6. The molecule has 1 saturated carbocycles. The maximum Gasteiger partial charge on any atom is 0.329 e. The second-order valence-corrected chi connectivity index (χ2v) is 21.1. The van der Waals surface area contributed by atoms with Gasteiger partial charge in [0.15, 0.2) is 5.78 Å². The molecule has 4 rings (SSSR count). The zero-order valence-electron chi connectivity index (χ0n) is 45.0. The van der Waals surface area contributed by atoms with Gasteiger partial charge in [0.1, 0.15) is 30.1 Å². The standard InChI is InChI=1S/C56H89NO15/c1-35-17-12-11-13-18-36(2)47(70-28-27-66-8)33-43-22-20-41(7)56(65,72-43)53(62)54(63)57-24-15-14-19-44(57)55(64)71-48(38(4)31-42-21-23-46(49(32-42)67-9)69-26-16-25-58)34-45(59)37(3)30-40(6)51(61)52(68-10)50(60)39(5)29-35/h11-13,17-18,30,35,37-39,41-44,46-49,51-52,58,61,65H,14-16,19-29,31-34H2,1-10H3/b13-11?,17-12+,36-18?,40-30+/t35-,37-,38?,39-,41-,42+,43+,44+,46-,47+,48+,49-,51-,52+,56-/m1/s1. The van der Waals surface area contributed by atoms with Gasteiger partial charge in [-0.15, -0.1) is 0 Å². The number of carbonyl (C=O) groups excluding carboxylic acids is 5. The number of Topliss-reactive ketones (excluding diaryl/α,β-unsaturated/α-hetero) is 3. The summed E-state index contributed by atoms with van der Waals surface area (Å²) in [5, 5.41) is 32.9. The van der Waals surface area contributed by atoms with Gasteiger partial charge in [0.2, 0.25) is 5.79 Å². The lowest BCUT2D eigenvalue weighted by Crippen LogP contribution is -2.61. The molecule has 0 aromatic carbocycles. The summed E-state index contributed by atoms with van der Waals surface area (Å²) in [5.74, 6) is -8.06. The molecule has 3 fully saturated rings. The monoisotopic (exact) mass is 1020 g/mol. The van der Waals surface area contributed by atoms with E-state index in [2.05, 4.69) is 0 Å². The Kier molecular flexibility index (Phi) is 25.6. The zero-order chi connectivity index (χ0) is 53.1. The molecule has 2 saturated heterocycles. The molecule has 16 nitrogen and oxygen atoms in total. The molecule has 0 radical (unpaired) electrons. The second-order valence-electron chi connectivity index (χ2n) is 21.1. The van der Waals surface area contributed by atoms with E-state index in [-0.39, 0.29) is 80.5 Å². The van der Waals surface area contributed by atoms with Crippen LogP contribution in [-0.2, 0) is 57.1 Å². The summed E-state index contributed by atoms with van der Waals surface area (Å²) >= 11 is 0. The second kappa shape index (κ2) is 30.2. The topological polar surface area (TPSA) is 214 Å². The number of hydrogen-bond acceptors (Lipinski definition) is 15. The minimum atomic E-state index is -2.46. The molecular formula is C56H89NO15. The number of carbonyl (C=O) groups is 5. The smallest absolute Gasteiger partial charge is 0.329 e. The van der Waals surface area contributed by atoms with Crippen LogP contribution in [-0.4, -0.2) is 158 Å². The third-order valence-corrected chi connectivity index (χ3v) is 15.4. The Morgan fingerprint density at radius 2 is 1.58 bits per heavy atom. The first-order valence-electron chi connectivity index (χ1n) is 26.6. The van der Waals surface area contributed by atoms with E-state index in [0.717, 1.165) is 18.4 Å². The lowest BCUT2D eigenvalue weighted by Gasteiger charge is -2.43. The van der Waals surface area contributed by atoms with Crippen molar-refractivity contribution in [3.63, 3.8) is 0 Å². The van der Waals surface area contributed by atoms with Gasteiger partial charge in [-0.1, -0.05) is 71.1 Å². The Morgan fingerprint density at radius 3 is 2.28 bits per heavy atom. The van der Waals surface area contributed by atoms with Gasteiger partial charge in [-0.2, -0.15) is 0 Å². The molecule has 4 aliphatic rings. The van der Waals surface area contributed by atoms with Crippen molar-refractivity contribution in [2.24, 2.45) is 35.5 Å². The largest absolute Gasteiger partial charge is 0.460 e. The normalized spacial score (nSPS) is 36.5. The molecule has 0 aromatic rings. The summed E-state index contributed by atoms with van der Waals surface area (Å²) in [6.45, 7) is 13.9. The average Bonchev–Trinajstić information content (AvgIpc) is 3.36. The molecule has 3 N–H and O–H groups in total. The number of esters is 1. The van der Waals surface area contributed by atoms with Gasteiger partial charge < -0.3 is 53.4 Å². The number of fused-ring (bicyclic) bond motifs is 3. The summed E-state index contributed by atoms with van der Waals surface area (Å²) in [6, 6.07) is -1.16. The summed E-state index contributed by atoms with van der Waals surface area (Å²) in [6.07, 6.45) is 12.4. The molecule has 408 valence electrons. The first-order valence-corrected chi connectivity index (χ1v) is 26.6. The van der Waals surface area contributed by atoms with Crippen molar-refractivity contribution in [2.45, 2.75) is 186 Å². The number of nitrogens with zero attached hydrogens (tertiary/aromatic N) is 1. The molecule has 15 atom stereocenters. The Morgan fingerprint density at radius 1 is 0.833 bits per heavy atom. The fourth-order valence-electron chi connectivity index (χ4n) is 10.8. The van der Waals surface area contributed by atoms with Gasteiger partial charge in [0.25, 0.3) is 11.7 Å². The highest BCUT2D eigenvalue weighted by atomic mass is 16.6. The molecule has 1 unspecified atom stereocenters. The number of aliphatic hydroxyl groups is 3. The Labute approximate surface area is 429 Å². The molecule has 1 aliphatic carbocycles. The SMILES string of the molecule is COCCO[C@H]1C[C@@H]2CC[C@@H](C)[C@@](O)(O2)C(=O)C(=O)N2CCCC[C@H]2C(=O)O[C@H](C(C)C[C@@H]2CC[C@@H](OCCCO)[C@H](OC)C2)CC(=O)[C@H](C)/C=C(\C)[C@@H](O)[C@@H](OC)C(=O)[C@H](C)C[C@H](C)/C=C/C=CC=C1C. The number of aliphatic hydroxyl groups excluding tert-OH is 2. The molecule has 16 heteroatoms. The van der Waals surface area contributed by atoms with E-state index < -0.39 is 77.8 Å². The Bertz CT molecular complexity index is 1880. The highest BCUT2D eigenvalue weighted by Gasteiger charge is 2.53. The van der Waals surface area contributed by atoms with Crippen LogP contribution in [0.15, 0.2) is 47.6 Å². The molecule has 0 aromatic heterocycles. The van der Waals surface area contributed by atoms with E-state index in [4.69, 9.17) is 33.2 Å². The van der Waals surface area contributed by atoms with E-state index in [1.807, 2.05) is 58.1 Å². The fraction of sp³-hybridized carbons (Fsp3) is 0.768. The molecule has 0 spiro atoms. The van der Waals surface area contributed by atoms with Crippen molar-refractivity contribution in [1.29, 1.82) is 0 Å². The highest BCUT2D eigenvalue weighted by molar-refractivity contribution is 6.39. The number of ketones is 3. The van der Waals surface area contributed by atoms with Crippen LogP contribution in [0.2, 0.25) is 0 Å². The number of hydrogen-bond donors (Lipinski definition) is 3. The minimum Gasteiger partial charge on any atom is -0.460 e. The van der Waals surface area contributed by atoms with E-state index in [1.165, 1.54) is 12.0 Å². The molecule has 72 heavy (non-hydrogen) atoms. The van der Waals surface area contributed by atoms with Crippen molar-refractivity contribution in [3.05, 3.63) is 47.6 Å². The lowest BCUT2D eigenvalue weighted by molar-refractivity contribution is -0.266. The maximum absolute atomic E-state index is 14.6. The zero-order valence-corrected chi connectivity index (χ0v) is 45.0. The van der Waals surface area contributed by atoms with E-state index in [1.54, 1.807) is 41.1 Å². The number of methoxy groups -OCH3 is 3. The predicted molar refractivity (Wildman–Crippen MR) is 271 cm³/mol. The summed E-state index contributed by atoms with van der Waals surface area (Å²) in [7, 11) is 4.61. The fourth-order valence-corrected chi connectivity index (χ4v) is 10.8. The number of piperidine rings is 1. The number of ether oxygens (including phenoxy) is 7. The van der Waals surface area contributed by atoms with Crippen LogP contribution in [0.5, 0.6) is 0 Å². The Balaban J connectivity index is 1.71. The van der Waals surface area contributed by atoms with Crippen LogP contribution in [0.3, 0.4) is 0 Å². The third kappa shape index (κ3) is 17.3. The van der Waals surface area contributed by atoms with Crippen LogP contribution in [0, 0.1) is 35.5 Å². The van der Waals surface area contributed by atoms with Gasteiger partial charge in [-0.3, -0.25) is 19.2 Å². The number of amides is 1. The van der Waals surface area contributed by atoms with Gasteiger partial charge in [0, 0.05) is 71.7 Å². The summed E-state index contributed by atoms with van der Waals surface area (Å²) in [5.41, 5.74) is 1.24. The summed E-state index contributed by atoms with van der Waals surface area (Å²) in [4.78, 5) is 72.6. The van der Waals surface area contributed by atoms with Crippen LogP contribution in [0.4, 0.5) is 0 Å². The first kappa shape index (κ1) is 61.1.